The van der Waals surface area contributed by atoms with Crippen LogP contribution in [0.5, 0.6) is 0 Å². The Hall–Kier alpha value is -2.40. The Balaban J connectivity index is 4.59. The van der Waals surface area contributed by atoms with Crippen LogP contribution < -0.4 is 5.73 Å². The lowest BCUT2D eigenvalue weighted by atomic mass is 9.99. The van der Waals surface area contributed by atoms with Gasteiger partial charge in [-0.3, -0.25) is 14.4 Å². The predicted octanol–water partition coefficient (Wildman–Crippen LogP) is 8.62. The van der Waals surface area contributed by atoms with Crippen molar-refractivity contribution in [1.29, 1.82) is 0 Å². The van der Waals surface area contributed by atoms with Crippen LogP contribution in [0.2, 0.25) is 0 Å². The molecule has 10 heteroatoms. The highest BCUT2D eigenvalue weighted by Crippen LogP contribution is 2.22. The van der Waals surface area contributed by atoms with Crippen LogP contribution in [0, 0.1) is 5.92 Å². The van der Waals surface area contributed by atoms with Crippen LogP contribution in [0.15, 0.2) is 48.6 Å². The highest BCUT2D eigenvalue weighted by Gasteiger charge is 2.23. The van der Waals surface area contributed by atoms with Gasteiger partial charge in [0.25, 0.3) is 0 Å². The van der Waals surface area contributed by atoms with E-state index in [-0.39, 0.29) is 31.6 Å². The van der Waals surface area contributed by atoms with Crippen LogP contribution in [0.1, 0.15) is 143 Å². The van der Waals surface area contributed by atoms with E-state index >= 15 is 0 Å². The maximum absolute atomic E-state index is 12.6. The number of aliphatic carboxylic acids is 1. The van der Waals surface area contributed by atoms with E-state index in [4.69, 9.17) is 20.3 Å². The molecular weight excluding hydrogens is 667 g/mol. The summed E-state index contributed by atoms with van der Waals surface area (Å²) in [5, 5.41) is 29.0. The number of allylic oxidation sites excluding steroid dienone is 7. The zero-order valence-corrected chi connectivity index (χ0v) is 32.7. The SMILES string of the molecule is CCCCC/C=C\C\C=C/C=C/C=C/[C@@H](SC[C@H](N)C(=O)OC[C@H](CO)OC(=O)CCCCCCCCCCC(C)CC)[C@@H](O)CCCC(=O)O. The molecule has 0 amide bonds. The Bertz CT molecular complexity index is 998. The number of thioether (sulfide) groups is 1. The summed E-state index contributed by atoms with van der Waals surface area (Å²) in [4.78, 5) is 35.8. The van der Waals surface area contributed by atoms with E-state index < -0.39 is 48.0 Å². The van der Waals surface area contributed by atoms with Gasteiger partial charge in [0.2, 0.25) is 0 Å². The van der Waals surface area contributed by atoms with E-state index in [9.17, 15) is 24.6 Å². The maximum atomic E-state index is 12.6. The second-order valence-electron chi connectivity index (χ2n) is 13.5. The minimum absolute atomic E-state index is 0.0445. The number of carboxylic acids is 1. The van der Waals surface area contributed by atoms with E-state index in [1.54, 1.807) is 0 Å². The number of rotatable bonds is 34. The molecule has 51 heavy (non-hydrogen) atoms. The number of hydrogen-bond acceptors (Lipinski definition) is 9. The Morgan fingerprint density at radius 3 is 2.16 bits per heavy atom. The van der Waals surface area contributed by atoms with Gasteiger partial charge in [-0.05, 0) is 44.4 Å². The van der Waals surface area contributed by atoms with Crippen molar-refractivity contribution in [2.75, 3.05) is 19.0 Å². The van der Waals surface area contributed by atoms with Crippen LogP contribution in [-0.4, -0.2) is 75.7 Å². The van der Waals surface area contributed by atoms with Crippen LogP contribution in [0.4, 0.5) is 0 Å². The Labute approximate surface area is 313 Å². The van der Waals surface area contributed by atoms with E-state index in [1.807, 2.05) is 30.4 Å². The summed E-state index contributed by atoms with van der Waals surface area (Å²) in [6.07, 6.45) is 31.9. The molecule has 0 heterocycles. The molecule has 0 saturated heterocycles. The van der Waals surface area contributed by atoms with Crippen LogP contribution in [0.3, 0.4) is 0 Å². The number of aliphatic hydroxyl groups excluding tert-OH is 2. The third-order valence-corrected chi connectivity index (χ3v) is 10.1. The van der Waals surface area contributed by atoms with Crippen molar-refractivity contribution < 1.29 is 39.2 Å². The molecule has 0 aliphatic rings. The molecule has 0 fully saturated rings. The Kier molecular flexibility index (Phi) is 33.0. The van der Waals surface area contributed by atoms with Gasteiger partial charge in [-0.1, -0.05) is 140 Å². The fourth-order valence-electron chi connectivity index (χ4n) is 5.15. The fraction of sp³-hybridized carbons (Fsp3) is 0.732. The summed E-state index contributed by atoms with van der Waals surface area (Å²) in [6.45, 7) is 5.97. The molecule has 0 radical (unpaired) electrons. The Morgan fingerprint density at radius 1 is 0.804 bits per heavy atom. The first-order valence-corrected chi connectivity index (χ1v) is 20.6. The average molecular weight is 738 g/mol. The van der Waals surface area contributed by atoms with E-state index in [1.165, 1.54) is 76.0 Å². The largest absolute Gasteiger partial charge is 0.481 e. The number of unbranched alkanes of at least 4 members (excludes halogenated alkanes) is 10. The summed E-state index contributed by atoms with van der Waals surface area (Å²) in [5.74, 6) is -1.10. The number of carbonyl (C=O) groups is 3. The van der Waals surface area contributed by atoms with Crippen LogP contribution >= 0.6 is 11.8 Å². The first-order valence-electron chi connectivity index (χ1n) is 19.5. The van der Waals surface area contributed by atoms with Crippen molar-refractivity contribution in [2.45, 2.75) is 166 Å². The normalized spacial score (nSPS) is 15.1. The molecule has 0 spiro atoms. The Morgan fingerprint density at radius 2 is 1.49 bits per heavy atom. The third kappa shape index (κ3) is 30.9. The molecular formula is C41H71NO8S. The molecule has 0 saturated carbocycles. The second-order valence-corrected chi connectivity index (χ2v) is 14.7. The average Bonchev–Trinajstić information content (AvgIpc) is 3.11. The molecule has 0 aromatic heterocycles. The van der Waals surface area contributed by atoms with Crippen molar-refractivity contribution in [3.63, 3.8) is 0 Å². The van der Waals surface area contributed by atoms with Crippen molar-refractivity contribution >= 4 is 29.7 Å². The molecule has 294 valence electrons. The fourth-order valence-corrected chi connectivity index (χ4v) is 6.27. The summed E-state index contributed by atoms with van der Waals surface area (Å²) in [6, 6.07) is -1.01. The second kappa shape index (κ2) is 34.7. The highest BCUT2D eigenvalue weighted by molar-refractivity contribution is 8.00. The minimum atomic E-state index is -1.01. The predicted molar refractivity (Wildman–Crippen MR) is 211 cm³/mol. The molecule has 9 nitrogen and oxygen atoms in total. The zero-order valence-electron chi connectivity index (χ0n) is 31.9. The van der Waals surface area contributed by atoms with Gasteiger partial charge in [0.15, 0.2) is 6.10 Å². The van der Waals surface area contributed by atoms with Gasteiger partial charge in [0.05, 0.1) is 12.7 Å². The number of aliphatic hydroxyl groups is 2. The molecule has 0 aliphatic heterocycles. The van der Waals surface area contributed by atoms with Gasteiger partial charge in [-0.25, -0.2) is 0 Å². The molecule has 0 rings (SSSR count). The van der Waals surface area contributed by atoms with Gasteiger partial charge in [-0.15, -0.1) is 11.8 Å². The molecule has 0 aromatic rings. The van der Waals surface area contributed by atoms with Gasteiger partial charge < -0.3 is 30.5 Å². The van der Waals surface area contributed by atoms with Crippen LogP contribution in [-0.2, 0) is 23.9 Å². The molecule has 0 aliphatic carbocycles. The highest BCUT2D eigenvalue weighted by atomic mass is 32.2. The number of ether oxygens (including phenoxy) is 2. The van der Waals surface area contributed by atoms with Gasteiger partial charge in [0.1, 0.15) is 12.6 Å². The monoisotopic (exact) mass is 737 g/mol. The van der Waals surface area contributed by atoms with E-state index in [0.29, 0.717) is 12.8 Å². The summed E-state index contributed by atoms with van der Waals surface area (Å²) >= 11 is 1.27. The quantitative estimate of drug-likeness (QED) is 0.0218. The van der Waals surface area contributed by atoms with E-state index in [2.05, 4.69) is 39.0 Å². The molecule has 1 unspecified atom stereocenters. The lowest BCUT2D eigenvalue weighted by molar-refractivity contribution is -0.161. The van der Waals surface area contributed by atoms with Crippen molar-refractivity contribution in [1.82, 2.24) is 0 Å². The van der Waals surface area contributed by atoms with Crippen molar-refractivity contribution in [3.05, 3.63) is 48.6 Å². The molecule has 5 N–H and O–H groups in total. The number of nitrogens with two attached hydrogens (primary N) is 1. The first kappa shape index (κ1) is 48.6. The minimum Gasteiger partial charge on any atom is -0.481 e. The summed E-state index contributed by atoms with van der Waals surface area (Å²) in [7, 11) is 0. The summed E-state index contributed by atoms with van der Waals surface area (Å²) < 4.78 is 10.6. The number of carboxylic acid groups (broad SMARTS) is 1. The van der Waals surface area contributed by atoms with Crippen molar-refractivity contribution in [2.24, 2.45) is 11.7 Å². The zero-order chi connectivity index (χ0) is 38.0. The molecule has 5 atom stereocenters. The molecule has 0 bridgehead atoms. The maximum Gasteiger partial charge on any atom is 0.323 e. The number of esters is 2. The van der Waals surface area contributed by atoms with E-state index in [0.717, 1.165) is 31.6 Å². The van der Waals surface area contributed by atoms with Gasteiger partial charge >= 0.3 is 17.9 Å². The van der Waals surface area contributed by atoms with Gasteiger partial charge in [0, 0.05) is 23.8 Å². The van der Waals surface area contributed by atoms with Gasteiger partial charge in [-0.2, -0.15) is 0 Å². The smallest absolute Gasteiger partial charge is 0.323 e. The van der Waals surface area contributed by atoms with Crippen molar-refractivity contribution in [3.8, 4) is 0 Å². The first-order chi connectivity index (χ1) is 24.6. The number of carbonyl (C=O) groups excluding carboxylic acids is 2. The standard InChI is InChI=1S/C41H71NO8S/c1-4-6-7-8-9-10-11-12-13-17-20-23-28-38(37(44)27-25-29-39(45)46)51-33-36(42)41(48)49-32-35(31-43)50-40(47)30-24-21-18-15-14-16-19-22-26-34(3)5-2/h9-10,12-13,17,20,23,28,34-38,43-44H,4-8,11,14-16,18-19,21-22,24-27,29-33,42H2,1-3H3,(H,45,46)/b10-9-,13-12-,20-17+,28-23+/t34?,35-,36-,37-,38+/m0/s1. The third-order valence-electron chi connectivity index (χ3n) is 8.66. The number of hydrogen-bond donors (Lipinski definition) is 4. The lowest BCUT2D eigenvalue weighted by Crippen LogP contribution is -2.38. The topological polar surface area (TPSA) is 156 Å². The molecule has 0 aromatic carbocycles. The van der Waals surface area contributed by atoms with Crippen LogP contribution in [0.25, 0.3) is 0 Å². The lowest BCUT2D eigenvalue weighted by Gasteiger charge is -2.21. The summed E-state index contributed by atoms with van der Waals surface area (Å²) in [5.41, 5.74) is 6.08.